The van der Waals surface area contributed by atoms with Crippen LogP contribution in [0.25, 0.3) is 0 Å². The number of hydrogen-bond acceptors (Lipinski definition) is 2. The van der Waals surface area contributed by atoms with Crippen LogP contribution in [0.4, 0.5) is 11.4 Å². The van der Waals surface area contributed by atoms with Crippen LogP contribution in [-0.2, 0) is 0 Å². The third kappa shape index (κ3) is 1.92. The van der Waals surface area contributed by atoms with E-state index in [9.17, 15) is 0 Å². The SMILES string of the molecule is CNc1ccc([SiH3])c(C(C)C)c1NC. The second-order valence-electron chi connectivity index (χ2n) is 3.87. The summed E-state index contributed by atoms with van der Waals surface area (Å²) < 4.78 is 0. The molecular formula is C11H20N2Si. The summed E-state index contributed by atoms with van der Waals surface area (Å²) in [4.78, 5) is 0. The van der Waals surface area contributed by atoms with Crippen molar-refractivity contribution in [3.05, 3.63) is 17.7 Å². The molecule has 0 aromatic heterocycles. The molecule has 0 radical (unpaired) electrons. The van der Waals surface area contributed by atoms with Crippen LogP contribution in [0.15, 0.2) is 12.1 Å². The summed E-state index contributed by atoms with van der Waals surface area (Å²) >= 11 is 0. The number of nitrogens with one attached hydrogen (secondary N) is 2. The van der Waals surface area contributed by atoms with Gasteiger partial charge >= 0.3 is 0 Å². The van der Waals surface area contributed by atoms with Crippen molar-refractivity contribution in [3.8, 4) is 0 Å². The first-order valence-corrected chi connectivity index (χ1v) is 6.10. The van der Waals surface area contributed by atoms with Gasteiger partial charge in [0, 0.05) is 24.3 Å². The number of hydrogen-bond donors (Lipinski definition) is 2. The lowest BCUT2D eigenvalue weighted by Crippen LogP contribution is -2.15. The third-order valence-corrected chi connectivity index (χ3v) is 3.43. The molecule has 1 aromatic carbocycles. The molecule has 0 saturated heterocycles. The van der Waals surface area contributed by atoms with Crippen LogP contribution in [0, 0.1) is 0 Å². The first kappa shape index (κ1) is 11.1. The predicted molar refractivity (Wildman–Crippen MR) is 69.2 cm³/mol. The summed E-state index contributed by atoms with van der Waals surface area (Å²) in [5.41, 5.74) is 3.91. The van der Waals surface area contributed by atoms with Crippen LogP contribution in [0.3, 0.4) is 0 Å². The Hall–Kier alpha value is -0.963. The molecule has 0 bridgehead atoms. The van der Waals surface area contributed by atoms with Gasteiger partial charge in [-0.3, -0.25) is 0 Å². The standard InChI is InChI=1S/C11H20N2Si/c1-7(2)10-9(14)6-5-8(12-3)11(10)13-4/h5-7,12-13H,1-4,14H3. The van der Waals surface area contributed by atoms with Gasteiger partial charge in [-0.05, 0) is 17.5 Å². The molecule has 0 heterocycles. The van der Waals surface area contributed by atoms with Crippen molar-refractivity contribution in [3.63, 3.8) is 0 Å². The lowest BCUT2D eigenvalue weighted by molar-refractivity contribution is 0.875. The average molecular weight is 208 g/mol. The average Bonchev–Trinajstić information content (AvgIpc) is 2.16. The van der Waals surface area contributed by atoms with E-state index in [0.29, 0.717) is 5.92 Å². The predicted octanol–water partition coefficient (Wildman–Crippen LogP) is 0.884. The lowest BCUT2D eigenvalue weighted by Gasteiger charge is -2.19. The van der Waals surface area contributed by atoms with E-state index in [1.807, 2.05) is 14.1 Å². The van der Waals surface area contributed by atoms with Crippen LogP contribution in [0.1, 0.15) is 25.3 Å². The molecular weight excluding hydrogens is 188 g/mol. The van der Waals surface area contributed by atoms with E-state index in [-0.39, 0.29) is 0 Å². The highest BCUT2D eigenvalue weighted by atomic mass is 28.1. The highest BCUT2D eigenvalue weighted by molar-refractivity contribution is 6.34. The molecule has 2 nitrogen and oxygen atoms in total. The first-order valence-electron chi connectivity index (χ1n) is 5.10. The molecule has 0 amide bonds. The van der Waals surface area contributed by atoms with Crippen LogP contribution < -0.4 is 15.8 Å². The second-order valence-corrected chi connectivity index (χ2v) is 4.95. The van der Waals surface area contributed by atoms with E-state index < -0.39 is 0 Å². The van der Waals surface area contributed by atoms with E-state index in [0.717, 1.165) is 10.2 Å². The molecule has 2 N–H and O–H groups in total. The summed E-state index contributed by atoms with van der Waals surface area (Å²) in [6.07, 6.45) is 0. The number of rotatable bonds is 3. The molecule has 0 unspecified atom stereocenters. The highest BCUT2D eigenvalue weighted by Gasteiger charge is 2.11. The topological polar surface area (TPSA) is 24.1 Å². The van der Waals surface area contributed by atoms with Crippen molar-refractivity contribution in [2.45, 2.75) is 19.8 Å². The molecule has 0 spiro atoms. The Morgan fingerprint density at radius 1 is 1.14 bits per heavy atom. The van der Waals surface area contributed by atoms with Crippen molar-refractivity contribution in [1.82, 2.24) is 0 Å². The summed E-state index contributed by atoms with van der Waals surface area (Å²) in [5, 5.41) is 8.01. The van der Waals surface area contributed by atoms with Crippen LogP contribution in [-0.4, -0.2) is 24.3 Å². The van der Waals surface area contributed by atoms with Gasteiger partial charge in [-0.2, -0.15) is 0 Å². The Morgan fingerprint density at radius 3 is 2.21 bits per heavy atom. The molecule has 0 aliphatic rings. The Morgan fingerprint density at radius 2 is 1.79 bits per heavy atom. The van der Waals surface area contributed by atoms with Crippen molar-refractivity contribution in [2.75, 3.05) is 24.7 Å². The van der Waals surface area contributed by atoms with Crippen molar-refractivity contribution in [2.24, 2.45) is 0 Å². The molecule has 1 rings (SSSR count). The molecule has 3 heteroatoms. The van der Waals surface area contributed by atoms with E-state index in [4.69, 9.17) is 0 Å². The minimum absolute atomic E-state index is 0.582. The van der Waals surface area contributed by atoms with E-state index >= 15 is 0 Å². The minimum Gasteiger partial charge on any atom is -0.386 e. The maximum Gasteiger partial charge on any atom is 0.0606 e. The van der Waals surface area contributed by atoms with Gasteiger partial charge in [0.2, 0.25) is 0 Å². The van der Waals surface area contributed by atoms with Crippen LogP contribution in [0.5, 0.6) is 0 Å². The van der Waals surface area contributed by atoms with Gasteiger partial charge in [0.1, 0.15) is 0 Å². The molecule has 1 aromatic rings. The van der Waals surface area contributed by atoms with Crippen LogP contribution in [0.2, 0.25) is 0 Å². The van der Waals surface area contributed by atoms with Gasteiger partial charge in [0.15, 0.2) is 0 Å². The maximum atomic E-state index is 3.30. The Balaban J connectivity index is 3.35. The van der Waals surface area contributed by atoms with Gasteiger partial charge < -0.3 is 10.6 Å². The Bertz CT molecular complexity index is 321. The van der Waals surface area contributed by atoms with Gasteiger partial charge in [-0.15, -0.1) is 0 Å². The van der Waals surface area contributed by atoms with Crippen molar-refractivity contribution < 1.29 is 0 Å². The fourth-order valence-corrected chi connectivity index (χ4v) is 2.94. The summed E-state index contributed by atoms with van der Waals surface area (Å²) in [7, 11) is 5.06. The summed E-state index contributed by atoms with van der Waals surface area (Å²) in [6.45, 7) is 4.49. The van der Waals surface area contributed by atoms with E-state index in [1.54, 1.807) is 0 Å². The molecule has 0 aliphatic carbocycles. The summed E-state index contributed by atoms with van der Waals surface area (Å²) in [6, 6.07) is 4.38. The molecule has 0 saturated carbocycles. The highest BCUT2D eigenvalue weighted by Crippen LogP contribution is 2.28. The zero-order valence-corrected chi connectivity index (χ0v) is 11.7. The zero-order valence-electron chi connectivity index (χ0n) is 9.73. The van der Waals surface area contributed by atoms with Gasteiger partial charge in [0.05, 0.1) is 11.4 Å². The zero-order chi connectivity index (χ0) is 10.7. The van der Waals surface area contributed by atoms with Crippen molar-refractivity contribution >= 4 is 26.8 Å². The number of benzene rings is 1. The molecule has 0 atom stereocenters. The molecule has 0 fully saturated rings. The largest absolute Gasteiger partial charge is 0.386 e. The lowest BCUT2D eigenvalue weighted by atomic mass is 9.99. The van der Waals surface area contributed by atoms with Gasteiger partial charge in [-0.1, -0.05) is 25.1 Å². The first-order chi connectivity index (χ1) is 6.61. The number of anilines is 2. The van der Waals surface area contributed by atoms with E-state index in [1.165, 1.54) is 22.1 Å². The van der Waals surface area contributed by atoms with Gasteiger partial charge in [0.25, 0.3) is 0 Å². The fraction of sp³-hybridized carbons (Fsp3) is 0.455. The minimum atomic E-state index is 0.582. The fourth-order valence-electron chi connectivity index (χ4n) is 1.95. The quantitative estimate of drug-likeness (QED) is 0.721. The van der Waals surface area contributed by atoms with Crippen molar-refractivity contribution in [1.29, 1.82) is 0 Å². The maximum absolute atomic E-state index is 3.30. The normalized spacial score (nSPS) is 10.6. The Kier molecular flexibility index (Phi) is 3.58. The summed E-state index contributed by atoms with van der Waals surface area (Å²) in [5.74, 6) is 0.582. The third-order valence-electron chi connectivity index (χ3n) is 2.56. The van der Waals surface area contributed by atoms with Crippen LogP contribution >= 0.6 is 0 Å². The molecule has 14 heavy (non-hydrogen) atoms. The van der Waals surface area contributed by atoms with E-state index in [2.05, 4.69) is 36.6 Å². The molecule has 0 aliphatic heterocycles. The van der Waals surface area contributed by atoms with Gasteiger partial charge in [-0.25, -0.2) is 0 Å². The smallest absolute Gasteiger partial charge is 0.0606 e. The monoisotopic (exact) mass is 208 g/mol. The Labute approximate surface area is 89.5 Å². The molecule has 78 valence electrons. The second kappa shape index (κ2) is 4.51.